The summed E-state index contributed by atoms with van der Waals surface area (Å²) in [5.41, 5.74) is 2.32. The molecule has 3 rings (SSSR count). The SMILES string of the molecule is CC(=O)Nc1ccc(SCc2cc(F)cc3c2OCOC3)cc1. The maximum absolute atomic E-state index is 13.7. The molecule has 0 bridgehead atoms. The molecule has 6 heteroatoms. The van der Waals surface area contributed by atoms with Crippen molar-refractivity contribution in [1.82, 2.24) is 0 Å². The van der Waals surface area contributed by atoms with Gasteiger partial charge in [-0.2, -0.15) is 0 Å². The van der Waals surface area contributed by atoms with E-state index in [1.165, 1.54) is 19.1 Å². The first kappa shape index (κ1) is 15.8. The largest absolute Gasteiger partial charge is 0.467 e. The molecule has 0 atom stereocenters. The smallest absolute Gasteiger partial charge is 0.221 e. The van der Waals surface area contributed by atoms with Crippen LogP contribution in [0.5, 0.6) is 5.75 Å². The molecule has 1 amide bonds. The van der Waals surface area contributed by atoms with Gasteiger partial charge in [-0.3, -0.25) is 4.79 Å². The van der Waals surface area contributed by atoms with Crippen molar-refractivity contribution in [3.8, 4) is 5.75 Å². The molecule has 0 radical (unpaired) electrons. The minimum absolute atomic E-state index is 0.101. The number of thioether (sulfide) groups is 1. The minimum atomic E-state index is -0.283. The Bertz CT molecular complexity index is 719. The Labute approximate surface area is 138 Å². The molecule has 0 unspecified atom stereocenters. The van der Waals surface area contributed by atoms with Gasteiger partial charge in [-0.05, 0) is 36.4 Å². The lowest BCUT2D eigenvalue weighted by Gasteiger charge is -2.20. The first-order valence-electron chi connectivity index (χ1n) is 7.14. The zero-order valence-electron chi connectivity index (χ0n) is 12.6. The Morgan fingerprint density at radius 2 is 2.09 bits per heavy atom. The first-order valence-corrected chi connectivity index (χ1v) is 8.12. The maximum Gasteiger partial charge on any atom is 0.221 e. The molecule has 0 saturated carbocycles. The average Bonchev–Trinajstić information content (AvgIpc) is 2.53. The number of ether oxygens (including phenoxy) is 2. The van der Waals surface area contributed by atoms with Crippen LogP contribution in [0, 0.1) is 5.82 Å². The molecule has 0 aliphatic carbocycles. The van der Waals surface area contributed by atoms with Gasteiger partial charge in [0.2, 0.25) is 5.91 Å². The number of halogens is 1. The van der Waals surface area contributed by atoms with Gasteiger partial charge in [-0.15, -0.1) is 11.8 Å². The van der Waals surface area contributed by atoms with Crippen molar-refractivity contribution in [2.45, 2.75) is 24.2 Å². The van der Waals surface area contributed by atoms with Crippen molar-refractivity contribution in [3.63, 3.8) is 0 Å². The summed E-state index contributed by atoms with van der Waals surface area (Å²) in [5, 5.41) is 2.72. The molecule has 2 aromatic carbocycles. The Kier molecular flexibility index (Phi) is 4.83. The Morgan fingerprint density at radius 1 is 1.30 bits per heavy atom. The fourth-order valence-electron chi connectivity index (χ4n) is 2.36. The highest BCUT2D eigenvalue weighted by molar-refractivity contribution is 7.98. The molecule has 0 fully saturated rings. The number of carbonyl (C=O) groups excluding carboxylic acids is 1. The van der Waals surface area contributed by atoms with Crippen LogP contribution >= 0.6 is 11.8 Å². The van der Waals surface area contributed by atoms with E-state index in [4.69, 9.17) is 9.47 Å². The van der Waals surface area contributed by atoms with Crippen molar-refractivity contribution in [1.29, 1.82) is 0 Å². The monoisotopic (exact) mass is 333 g/mol. The van der Waals surface area contributed by atoms with Crippen molar-refractivity contribution in [2.75, 3.05) is 12.1 Å². The summed E-state index contributed by atoms with van der Waals surface area (Å²) < 4.78 is 24.4. The predicted octanol–water partition coefficient (Wildman–Crippen LogP) is 3.94. The van der Waals surface area contributed by atoms with Gasteiger partial charge in [0, 0.05) is 34.4 Å². The van der Waals surface area contributed by atoms with Gasteiger partial charge >= 0.3 is 0 Å². The van der Waals surface area contributed by atoms with Crippen LogP contribution in [0.4, 0.5) is 10.1 Å². The molecule has 1 aliphatic heterocycles. The second-order valence-corrected chi connectivity index (χ2v) is 6.21. The number of nitrogens with one attached hydrogen (secondary N) is 1. The van der Waals surface area contributed by atoms with E-state index in [-0.39, 0.29) is 18.5 Å². The molecule has 0 aromatic heterocycles. The topological polar surface area (TPSA) is 47.6 Å². The van der Waals surface area contributed by atoms with Gasteiger partial charge in [0.1, 0.15) is 11.6 Å². The fraction of sp³-hybridized carbons (Fsp3) is 0.235. The quantitative estimate of drug-likeness (QED) is 0.861. The zero-order chi connectivity index (χ0) is 16.2. The van der Waals surface area contributed by atoms with Crippen LogP contribution in [0.15, 0.2) is 41.3 Å². The highest BCUT2D eigenvalue weighted by Crippen LogP contribution is 2.34. The van der Waals surface area contributed by atoms with Crippen LogP contribution in [0.25, 0.3) is 0 Å². The minimum Gasteiger partial charge on any atom is -0.467 e. The van der Waals surface area contributed by atoms with Crippen LogP contribution in [0.2, 0.25) is 0 Å². The third-order valence-corrected chi connectivity index (χ3v) is 4.38. The Balaban J connectivity index is 1.71. The number of hydrogen-bond acceptors (Lipinski definition) is 4. The second-order valence-electron chi connectivity index (χ2n) is 5.16. The van der Waals surface area contributed by atoms with Gasteiger partial charge in [0.05, 0.1) is 6.61 Å². The van der Waals surface area contributed by atoms with Gasteiger partial charge in [-0.1, -0.05) is 0 Å². The average molecular weight is 333 g/mol. The standard InChI is InChI=1S/C17H16FNO3S/c1-11(20)19-15-2-4-16(5-3-15)23-9-13-7-14(18)6-12-8-21-10-22-17(12)13/h2-7H,8-10H2,1H3,(H,19,20). The fourth-order valence-corrected chi connectivity index (χ4v) is 3.23. The van der Waals surface area contributed by atoms with Crippen LogP contribution < -0.4 is 10.1 Å². The molecule has 23 heavy (non-hydrogen) atoms. The number of carbonyl (C=O) groups is 1. The lowest BCUT2D eigenvalue weighted by Crippen LogP contribution is -2.13. The van der Waals surface area contributed by atoms with E-state index < -0.39 is 0 Å². The normalized spacial score (nSPS) is 13.1. The molecule has 1 heterocycles. The third-order valence-electron chi connectivity index (χ3n) is 3.32. The van der Waals surface area contributed by atoms with Crippen molar-refractivity contribution in [3.05, 3.63) is 53.3 Å². The van der Waals surface area contributed by atoms with Gasteiger partial charge < -0.3 is 14.8 Å². The summed E-state index contributed by atoms with van der Waals surface area (Å²) in [7, 11) is 0. The Morgan fingerprint density at radius 3 is 2.83 bits per heavy atom. The van der Waals surface area contributed by atoms with E-state index >= 15 is 0 Å². The van der Waals surface area contributed by atoms with E-state index in [9.17, 15) is 9.18 Å². The number of rotatable bonds is 4. The molecule has 0 spiro atoms. The van der Waals surface area contributed by atoms with Gasteiger partial charge in [-0.25, -0.2) is 4.39 Å². The second kappa shape index (κ2) is 7.02. The third kappa shape index (κ3) is 4.03. The molecule has 120 valence electrons. The van der Waals surface area contributed by atoms with Crippen LogP contribution in [0.1, 0.15) is 18.1 Å². The number of hydrogen-bond donors (Lipinski definition) is 1. The summed E-state index contributed by atoms with van der Waals surface area (Å²) in [6, 6.07) is 10.5. The molecule has 1 N–H and O–H groups in total. The maximum atomic E-state index is 13.7. The number of benzene rings is 2. The summed E-state index contributed by atoms with van der Waals surface area (Å²) in [5.74, 6) is 0.935. The zero-order valence-corrected chi connectivity index (χ0v) is 13.4. The van der Waals surface area contributed by atoms with Crippen molar-refractivity contribution in [2.24, 2.45) is 0 Å². The lowest BCUT2D eigenvalue weighted by molar-refractivity contribution is -0.114. The van der Waals surface area contributed by atoms with Crippen LogP contribution in [0.3, 0.4) is 0 Å². The number of anilines is 1. The molecule has 1 aliphatic rings. The summed E-state index contributed by atoms with van der Waals surface area (Å²) in [4.78, 5) is 12.0. The number of fused-ring (bicyclic) bond motifs is 1. The van der Waals surface area contributed by atoms with Crippen LogP contribution in [-0.2, 0) is 21.9 Å². The van der Waals surface area contributed by atoms with Crippen molar-refractivity contribution >= 4 is 23.4 Å². The Hall–Kier alpha value is -2.05. The number of amides is 1. The van der Waals surface area contributed by atoms with E-state index in [0.29, 0.717) is 12.4 Å². The first-order chi connectivity index (χ1) is 11.1. The van der Waals surface area contributed by atoms with Gasteiger partial charge in [0.25, 0.3) is 0 Å². The van der Waals surface area contributed by atoms with E-state index in [1.54, 1.807) is 11.8 Å². The van der Waals surface area contributed by atoms with Crippen molar-refractivity contribution < 1.29 is 18.7 Å². The molecular formula is C17H16FNO3S. The molecule has 0 saturated heterocycles. The van der Waals surface area contributed by atoms with Crippen LogP contribution in [-0.4, -0.2) is 12.7 Å². The molecule has 2 aromatic rings. The highest BCUT2D eigenvalue weighted by atomic mass is 32.2. The summed E-state index contributed by atoms with van der Waals surface area (Å²) in [6.45, 7) is 2.04. The van der Waals surface area contributed by atoms with E-state index in [1.807, 2.05) is 24.3 Å². The lowest BCUT2D eigenvalue weighted by atomic mass is 10.1. The van der Waals surface area contributed by atoms with Gasteiger partial charge in [0.15, 0.2) is 6.79 Å². The highest BCUT2D eigenvalue weighted by Gasteiger charge is 2.17. The summed E-state index contributed by atoms with van der Waals surface area (Å²) in [6.07, 6.45) is 0. The van der Waals surface area contributed by atoms with E-state index in [2.05, 4.69) is 5.32 Å². The van der Waals surface area contributed by atoms with E-state index in [0.717, 1.165) is 27.5 Å². The summed E-state index contributed by atoms with van der Waals surface area (Å²) >= 11 is 1.58. The predicted molar refractivity (Wildman–Crippen MR) is 87.0 cm³/mol. The molecule has 4 nitrogen and oxygen atoms in total. The molecular weight excluding hydrogens is 317 g/mol.